The Morgan fingerprint density at radius 2 is 2.17 bits per heavy atom. The average Bonchev–Trinajstić information content (AvgIpc) is 2.32. The van der Waals surface area contributed by atoms with Crippen molar-refractivity contribution in [2.24, 2.45) is 0 Å². The lowest BCUT2D eigenvalue weighted by Crippen LogP contribution is -2.39. The summed E-state index contributed by atoms with van der Waals surface area (Å²) < 4.78 is 18.1. The Kier molecular flexibility index (Phi) is 5.09. The number of methoxy groups -OCH3 is 1. The number of amides is 1. The summed E-state index contributed by atoms with van der Waals surface area (Å²) in [4.78, 5) is 13.9. The van der Waals surface area contributed by atoms with Gasteiger partial charge in [-0.25, -0.2) is 4.39 Å². The summed E-state index contributed by atoms with van der Waals surface area (Å²) in [6, 6.07) is 3.80. The van der Waals surface area contributed by atoms with Crippen LogP contribution in [0.25, 0.3) is 0 Å². The zero-order valence-corrected chi connectivity index (χ0v) is 10.9. The topological polar surface area (TPSA) is 55.6 Å². The highest BCUT2D eigenvalue weighted by molar-refractivity contribution is 5.99. The van der Waals surface area contributed by atoms with Gasteiger partial charge in [-0.15, -0.1) is 0 Å². The van der Waals surface area contributed by atoms with Crippen LogP contribution in [0.3, 0.4) is 0 Å². The van der Waals surface area contributed by atoms with Crippen molar-refractivity contribution in [2.45, 2.75) is 19.9 Å². The quantitative estimate of drug-likeness (QED) is 0.816. The molecule has 1 aromatic rings. The van der Waals surface area contributed by atoms with E-state index in [4.69, 9.17) is 10.5 Å². The van der Waals surface area contributed by atoms with Crippen molar-refractivity contribution in [3.63, 3.8) is 0 Å². The minimum Gasteiger partial charge on any atom is -0.398 e. The Morgan fingerprint density at radius 1 is 1.50 bits per heavy atom. The number of nitrogen functional groups attached to an aromatic ring is 1. The lowest BCUT2D eigenvalue weighted by molar-refractivity contribution is 0.0635. The summed E-state index contributed by atoms with van der Waals surface area (Å²) in [6.45, 7) is 4.66. The zero-order valence-electron chi connectivity index (χ0n) is 10.9. The normalized spacial score (nSPS) is 10.7. The first-order chi connectivity index (χ1) is 8.47. The molecule has 2 N–H and O–H groups in total. The van der Waals surface area contributed by atoms with Gasteiger partial charge in [0.05, 0.1) is 12.2 Å². The number of carbonyl (C=O) groups is 1. The number of halogens is 1. The maximum atomic E-state index is 13.2. The zero-order chi connectivity index (χ0) is 13.7. The molecule has 0 fully saturated rings. The van der Waals surface area contributed by atoms with Gasteiger partial charge in [-0.2, -0.15) is 0 Å². The Bertz CT molecular complexity index is 421. The maximum absolute atomic E-state index is 13.2. The molecule has 100 valence electrons. The molecule has 18 heavy (non-hydrogen) atoms. The smallest absolute Gasteiger partial charge is 0.256 e. The summed E-state index contributed by atoms with van der Waals surface area (Å²) in [5.74, 6) is -0.748. The molecule has 0 atom stereocenters. The van der Waals surface area contributed by atoms with E-state index in [9.17, 15) is 9.18 Å². The predicted octanol–water partition coefficient (Wildman–Crippen LogP) is 1.90. The van der Waals surface area contributed by atoms with Crippen molar-refractivity contribution in [2.75, 3.05) is 26.0 Å². The lowest BCUT2D eigenvalue weighted by atomic mass is 10.1. The average molecular weight is 254 g/mol. The number of nitrogens with zero attached hydrogens (tertiary/aromatic N) is 1. The molecule has 0 aliphatic rings. The van der Waals surface area contributed by atoms with Gasteiger partial charge in [-0.3, -0.25) is 4.79 Å². The molecular formula is C13H19FN2O2. The van der Waals surface area contributed by atoms with E-state index >= 15 is 0 Å². The Labute approximate surface area is 107 Å². The summed E-state index contributed by atoms with van der Waals surface area (Å²) in [5, 5.41) is 0. The monoisotopic (exact) mass is 254 g/mol. The van der Waals surface area contributed by atoms with E-state index in [1.54, 1.807) is 12.0 Å². The van der Waals surface area contributed by atoms with Gasteiger partial charge in [0, 0.05) is 25.4 Å². The number of anilines is 1. The van der Waals surface area contributed by atoms with Crippen molar-refractivity contribution in [1.29, 1.82) is 0 Å². The van der Waals surface area contributed by atoms with Crippen molar-refractivity contribution in [3.8, 4) is 0 Å². The van der Waals surface area contributed by atoms with Gasteiger partial charge in [0.2, 0.25) is 0 Å². The highest BCUT2D eigenvalue weighted by atomic mass is 19.1. The molecule has 1 amide bonds. The third-order valence-corrected chi connectivity index (χ3v) is 2.67. The number of benzene rings is 1. The second-order valence-corrected chi connectivity index (χ2v) is 4.32. The van der Waals surface area contributed by atoms with Crippen LogP contribution in [0, 0.1) is 5.82 Å². The van der Waals surface area contributed by atoms with Gasteiger partial charge >= 0.3 is 0 Å². The molecule has 1 rings (SSSR count). The van der Waals surface area contributed by atoms with Crippen molar-refractivity contribution < 1.29 is 13.9 Å². The fraction of sp³-hybridized carbons (Fsp3) is 0.462. The fourth-order valence-corrected chi connectivity index (χ4v) is 1.65. The van der Waals surface area contributed by atoms with E-state index in [-0.39, 0.29) is 23.2 Å². The van der Waals surface area contributed by atoms with Crippen LogP contribution in [0.5, 0.6) is 0 Å². The van der Waals surface area contributed by atoms with Crippen LogP contribution < -0.4 is 5.73 Å². The van der Waals surface area contributed by atoms with E-state index in [0.29, 0.717) is 13.2 Å². The molecule has 4 nitrogen and oxygen atoms in total. The SMILES string of the molecule is COCCN(C(=O)c1cc(F)ccc1N)C(C)C. The third kappa shape index (κ3) is 3.43. The molecule has 0 unspecified atom stereocenters. The molecule has 5 heteroatoms. The lowest BCUT2D eigenvalue weighted by Gasteiger charge is -2.27. The van der Waals surface area contributed by atoms with Gasteiger partial charge < -0.3 is 15.4 Å². The first-order valence-corrected chi connectivity index (χ1v) is 5.82. The second-order valence-electron chi connectivity index (χ2n) is 4.32. The largest absolute Gasteiger partial charge is 0.398 e. The van der Waals surface area contributed by atoms with Crippen molar-refractivity contribution >= 4 is 11.6 Å². The molecule has 0 aromatic heterocycles. The molecule has 0 spiro atoms. The first kappa shape index (κ1) is 14.4. The summed E-state index contributed by atoms with van der Waals surface area (Å²) in [6.07, 6.45) is 0. The molecule has 0 saturated carbocycles. The molecular weight excluding hydrogens is 235 g/mol. The van der Waals surface area contributed by atoms with Crippen molar-refractivity contribution in [3.05, 3.63) is 29.6 Å². The Balaban J connectivity index is 2.98. The molecule has 0 aliphatic carbocycles. The summed E-state index contributed by atoms with van der Waals surface area (Å²) in [7, 11) is 1.57. The molecule has 0 bridgehead atoms. The Hall–Kier alpha value is -1.62. The van der Waals surface area contributed by atoms with E-state index < -0.39 is 5.82 Å². The van der Waals surface area contributed by atoms with Gasteiger partial charge in [0.15, 0.2) is 0 Å². The standard InChI is InChI=1S/C13H19FN2O2/c1-9(2)16(6-7-18-3)13(17)11-8-10(14)4-5-12(11)15/h4-5,8-9H,6-7,15H2,1-3H3. The minimum absolute atomic E-state index is 0.00434. The Morgan fingerprint density at radius 3 is 2.72 bits per heavy atom. The molecule has 0 aliphatic heterocycles. The predicted molar refractivity (Wildman–Crippen MR) is 68.9 cm³/mol. The number of rotatable bonds is 5. The van der Waals surface area contributed by atoms with Crippen LogP contribution in [0.15, 0.2) is 18.2 Å². The molecule has 0 saturated heterocycles. The van der Waals surface area contributed by atoms with Crippen LogP contribution in [0.4, 0.5) is 10.1 Å². The van der Waals surface area contributed by atoms with E-state index in [2.05, 4.69) is 0 Å². The molecule has 0 radical (unpaired) electrons. The number of nitrogens with two attached hydrogens (primary N) is 1. The van der Waals surface area contributed by atoms with Crippen LogP contribution in [-0.4, -0.2) is 37.1 Å². The van der Waals surface area contributed by atoms with Crippen molar-refractivity contribution in [1.82, 2.24) is 4.90 Å². The van der Waals surface area contributed by atoms with Gasteiger partial charge in [-0.05, 0) is 32.0 Å². The number of hydrogen-bond acceptors (Lipinski definition) is 3. The van der Waals surface area contributed by atoms with Gasteiger partial charge in [-0.1, -0.05) is 0 Å². The van der Waals surface area contributed by atoms with Crippen LogP contribution >= 0.6 is 0 Å². The van der Waals surface area contributed by atoms with E-state index in [1.165, 1.54) is 18.2 Å². The van der Waals surface area contributed by atoms with E-state index in [1.807, 2.05) is 13.8 Å². The van der Waals surface area contributed by atoms with Crippen LogP contribution in [0.2, 0.25) is 0 Å². The highest BCUT2D eigenvalue weighted by Gasteiger charge is 2.20. The molecule has 0 heterocycles. The maximum Gasteiger partial charge on any atom is 0.256 e. The van der Waals surface area contributed by atoms with Gasteiger partial charge in [0.25, 0.3) is 5.91 Å². The highest BCUT2D eigenvalue weighted by Crippen LogP contribution is 2.17. The summed E-state index contributed by atoms with van der Waals surface area (Å²) >= 11 is 0. The third-order valence-electron chi connectivity index (χ3n) is 2.67. The number of hydrogen-bond donors (Lipinski definition) is 1. The first-order valence-electron chi connectivity index (χ1n) is 5.82. The summed E-state index contributed by atoms with van der Waals surface area (Å²) in [5.41, 5.74) is 6.19. The van der Waals surface area contributed by atoms with Crippen LogP contribution in [0.1, 0.15) is 24.2 Å². The fourth-order valence-electron chi connectivity index (χ4n) is 1.65. The second kappa shape index (κ2) is 6.35. The number of ether oxygens (including phenoxy) is 1. The molecule has 1 aromatic carbocycles. The van der Waals surface area contributed by atoms with Crippen LogP contribution in [-0.2, 0) is 4.74 Å². The minimum atomic E-state index is -0.469. The van der Waals surface area contributed by atoms with E-state index in [0.717, 1.165) is 0 Å². The van der Waals surface area contributed by atoms with Gasteiger partial charge in [0.1, 0.15) is 5.82 Å². The number of carbonyl (C=O) groups excluding carboxylic acids is 1.